The lowest BCUT2D eigenvalue weighted by Gasteiger charge is -2.27. The average molecular weight is 731 g/mol. The normalized spacial score (nSPS) is 16.6. The molecular weight excluding hydrogens is 689 g/mol. The van der Waals surface area contributed by atoms with Gasteiger partial charge in [0.15, 0.2) is 0 Å². The number of benzene rings is 8. The number of hydrogen-bond acceptors (Lipinski definition) is 2. The van der Waals surface area contributed by atoms with Gasteiger partial charge < -0.3 is 10.2 Å². The number of hydrogen-bond donors (Lipinski definition) is 2. The van der Waals surface area contributed by atoms with Crippen LogP contribution in [0.5, 0.6) is 0 Å². The molecule has 1 unspecified atom stereocenters. The lowest BCUT2D eigenvalue weighted by Crippen LogP contribution is -2.35. The Bertz CT molecular complexity index is 2980. The van der Waals surface area contributed by atoms with Gasteiger partial charge in [-0.25, -0.2) is 0 Å². The van der Waals surface area contributed by atoms with Crippen LogP contribution in [-0.4, -0.2) is 22.2 Å². The number of fused-ring (bicyclic) bond motifs is 6. The molecule has 4 nitrogen and oxygen atoms in total. The third-order valence-electron chi connectivity index (χ3n) is 13.0. The van der Waals surface area contributed by atoms with Gasteiger partial charge >= 0.3 is 11.9 Å². The minimum absolute atomic E-state index is 0.0236. The van der Waals surface area contributed by atoms with E-state index in [9.17, 15) is 19.8 Å². The summed E-state index contributed by atoms with van der Waals surface area (Å²) in [6, 6.07) is 45.5. The first kappa shape index (κ1) is 34.2. The average Bonchev–Trinajstić information content (AvgIpc) is 3.60. The highest BCUT2D eigenvalue weighted by Gasteiger charge is 2.49. The lowest BCUT2D eigenvalue weighted by molar-refractivity contribution is -0.143. The molecule has 2 aliphatic rings. The van der Waals surface area contributed by atoms with Crippen LogP contribution in [0, 0.1) is 0 Å². The van der Waals surface area contributed by atoms with E-state index < -0.39 is 17.4 Å². The minimum Gasteiger partial charge on any atom is -0.481 e. The van der Waals surface area contributed by atoms with E-state index in [0.717, 1.165) is 22.3 Å². The topological polar surface area (TPSA) is 74.6 Å². The molecule has 0 fully saturated rings. The number of carboxylic acids is 2. The Balaban J connectivity index is 1.06. The maximum absolute atomic E-state index is 13.2. The highest BCUT2D eigenvalue weighted by molar-refractivity contribution is 6.25. The van der Waals surface area contributed by atoms with Crippen LogP contribution in [0.2, 0.25) is 0 Å². The molecule has 1 atom stereocenters. The van der Waals surface area contributed by atoms with E-state index in [-0.39, 0.29) is 23.7 Å². The second kappa shape index (κ2) is 11.6. The summed E-state index contributed by atoms with van der Waals surface area (Å²) in [5.74, 6) is -2.03. The zero-order valence-corrected chi connectivity index (χ0v) is 32.2. The summed E-state index contributed by atoms with van der Waals surface area (Å²) in [5.41, 5.74) is 12.0. The molecule has 2 N–H and O–H groups in total. The van der Waals surface area contributed by atoms with Crippen molar-refractivity contribution in [3.63, 3.8) is 0 Å². The van der Waals surface area contributed by atoms with E-state index in [1.807, 2.05) is 36.4 Å². The maximum Gasteiger partial charge on any atom is 0.318 e. The van der Waals surface area contributed by atoms with E-state index in [1.54, 1.807) is 0 Å². The Morgan fingerprint density at radius 3 is 1.70 bits per heavy atom. The van der Waals surface area contributed by atoms with Crippen molar-refractivity contribution >= 4 is 44.3 Å². The summed E-state index contributed by atoms with van der Waals surface area (Å²) in [6.07, 6.45) is -0.269. The summed E-state index contributed by atoms with van der Waals surface area (Å²) in [5, 5.41) is 28.2. The largest absolute Gasteiger partial charge is 0.481 e. The van der Waals surface area contributed by atoms with E-state index in [1.165, 1.54) is 71.3 Å². The molecule has 0 heterocycles. The van der Waals surface area contributed by atoms with E-state index in [4.69, 9.17) is 0 Å². The Morgan fingerprint density at radius 2 is 1.05 bits per heavy atom. The molecule has 0 spiro atoms. The molecule has 0 aromatic heterocycles. The van der Waals surface area contributed by atoms with Gasteiger partial charge in [-0.05, 0) is 135 Å². The number of rotatable bonds is 6. The summed E-state index contributed by atoms with van der Waals surface area (Å²) in [6.45, 7) is 11.4. The molecule has 2 aliphatic carbocycles. The predicted octanol–water partition coefficient (Wildman–Crippen LogP) is 12.7. The first-order valence-corrected chi connectivity index (χ1v) is 19.5. The van der Waals surface area contributed by atoms with Crippen LogP contribution in [0.15, 0.2) is 127 Å². The van der Waals surface area contributed by atoms with Crippen LogP contribution in [-0.2, 0) is 25.8 Å². The quantitative estimate of drug-likeness (QED) is 0.167. The molecule has 8 aromatic rings. The Labute approximate surface area is 326 Å². The highest BCUT2D eigenvalue weighted by Crippen LogP contribution is 2.54. The molecule has 0 bridgehead atoms. The van der Waals surface area contributed by atoms with E-state index >= 15 is 0 Å². The fraction of sp³-hybridized carbons (Fsp3) is 0.192. The Kier molecular flexibility index (Phi) is 7.11. The van der Waals surface area contributed by atoms with Crippen molar-refractivity contribution < 1.29 is 19.8 Å². The Hall–Kier alpha value is -6.26. The smallest absolute Gasteiger partial charge is 0.318 e. The molecule has 4 heteroatoms. The van der Waals surface area contributed by atoms with Gasteiger partial charge in [-0.2, -0.15) is 0 Å². The number of carboxylic acid groups (broad SMARTS) is 2. The summed E-state index contributed by atoms with van der Waals surface area (Å²) in [7, 11) is 0. The zero-order valence-electron chi connectivity index (χ0n) is 32.2. The number of aliphatic carboxylic acids is 2. The van der Waals surface area contributed by atoms with Crippen molar-refractivity contribution in [1.29, 1.82) is 0 Å². The zero-order chi connectivity index (χ0) is 38.9. The van der Waals surface area contributed by atoms with Crippen molar-refractivity contribution in [3.05, 3.63) is 155 Å². The third-order valence-corrected chi connectivity index (χ3v) is 13.0. The molecule has 56 heavy (non-hydrogen) atoms. The standard InChI is InChI=1S/C52H42O4/c1-50(2,3)35-24-33-11-10-29-12-17-36(41-21-16-34(25-35)47(33)48(29)41)32-15-20-39-38-18-13-30(26-43(38)51(4,5)44(39)28-32)31-14-19-40-37-8-6-7-9-42(37)52(49(55)56,45(40)27-31)23-22-46(53)54/h6-21,24-28H,22-23H2,1-5H3,(H,53,54)(H,55,56). The molecule has 274 valence electrons. The van der Waals surface area contributed by atoms with Gasteiger partial charge in [-0.1, -0.05) is 144 Å². The van der Waals surface area contributed by atoms with Crippen molar-refractivity contribution in [2.75, 3.05) is 0 Å². The molecule has 0 saturated heterocycles. The third kappa shape index (κ3) is 4.71. The van der Waals surface area contributed by atoms with Crippen molar-refractivity contribution in [2.45, 2.75) is 63.7 Å². The highest BCUT2D eigenvalue weighted by atomic mass is 16.4. The van der Waals surface area contributed by atoms with Gasteiger partial charge in [0.25, 0.3) is 0 Å². The van der Waals surface area contributed by atoms with Gasteiger partial charge in [0.2, 0.25) is 0 Å². The van der Waals surface area contributed by atoms with Crippen molar-refractivity contribution in [2.24, 2.45) is 0 Å². The molecule has 0 aliphatic heterocycles. The van der Waals surface area contributed by atoms with Crippen LogP contribution in [0.4, 0.5) is 0 Å². The SMILES string of the molecule is CC(C)(C)c1cc2ccc3ccc(-c4ccc5c(c4)C(C)(C)c4cc(-c6ccc7c(c6)C(CCC(=O)O)(C(=O)O)c6ccccc6-7)ccc4-5)c4ccc(c1)c2c34. The van der Waals surface area contributed by atoms with Crippen LogP contribution in [0.25, 0.3) is 76.8 Å². The van der Waals surface area contributed by atoms with Crippen LogP contribution < -0.4 is 0 Å². The second-order valence-corrected chi connectivity index (χ2v) is 17.5. The van der Waals surface area contributed by atoms with Crippen molar-refractivity contribution in [1.82, 2.24) is 0 Å². The van der Waals surface area contributed by atoms with Crippen molar-refractivity contribution in [3.8, 4) is 44.5 Å². The summed E-state index contributed by atoms with van der Waals surface area (Å²) < 4.78 is 0. The Morgan fingerprint density at radius 1 is 0.536 bits per heavy atom. The van der Waals surface area contributed by atoms with Crippen LogP contribution in [0.1, 0.15) is 75.3 Å². The van der Waals surface area contributed by atoms with Crippen LogP contribution in [0.3, 0.4) is 0 Å². The first-order chi connectivity index (χ1) is 26.8. The molecule has 0 amide bonds. The van der Waals surface area contributed by atoms with Crippen LogP contribution >= 0.6 is 0 Å². The van der Waals surface area contributed by atoms with E-state index in [2.05, 4.69) is 126 Å². The molecule has 0 radical (unpaired) electrons. The molecule has 10 rings (SSSR count). The summed E-state index contributed by atoms with van der Waals surface area (Å²) >= 11 is 0. The van der Waals surface area contributed by atoms with Gasteiger partial charge in [0.05, 0.1) is 0 Å². The molecular formula is C52H42O4. The van der Waals surface area contributed by atoms with Gasteiger partial charge in [-0.15, -0.1) is 0 Å². The maximum atomic E-state index is 13.2. The van der Waals surface area contributed by atoms with Gasteiger partial charge in [-0.3, -0.25) is 9.59 Å². The fourth-order valence-electron chi connectivity index (χ4n) is 10.0. The molecule has 0 saturated carbocycles. The fourth-order valence-corrected chi connectivity index (χ4v) is 10.0. The van der Waals surface area contributed by atoms with Gasteiger partial charge in [0, 0.05) is 11.8 Å². The number of carbonyl (C=O) groups is 2. The predicted molar refractivity (Wildman–Crippen MR) is 228 cm³/mol. The van der Waals surface area contributed by atoms with E-state index in [0.29, 0.717) is 11.1 Å². The minimum atomic E-state index is -1.44. The monoisotopic (exact) mass is 730 g/mol. The molecule has 8 aromatic carbocycles. The van der Waals surface area contributed by atoms with Gasteiger partial charge in [0.1, 0.15) is 5.41 Å². The lowest BCUT2D eigenvalue weighted by atomic mass is 9.74. The first-order valence-electron chi connectivity index (χ1n) is 19.5. The summed E-state index contributed by atoms with van der Waals surface area (Å²) in [4.78, 5) is 25.0. The second-order valence-electron chi connectivity index (χ2n) is 17.5.